The van der Waals surface area contributed by atoms with Crippen LogP contribution in [0.5, 0.6) is 17.2 Å². The van der Waals surface area contributed by atoms with E-state index in [4.69, 9.17) is 24.4 Å². The van der Waals surface area contributed by atoms with Gasteiger partial charge in [-0.05, 0) is 12.1 Å². The van der Waals surface area contributed by atoms with Crippen LogP contribution in [0.25, 0.3) is 0 Å². The minimum atomic E-state index is -0.0164. The van der Waals surface area contributed by atoms with E-state index in [9.17, 15) is 0 Å². The zero-order chi connectivity index (χ0) is 14.3. The standard InChI is InChI=1S/C13H21NO5/c1-17-11-5-4-10(12(18-2)13(11)19-3)14(6-8-15)7-9-16/h4-5,15-16H,6-9H2,1-3H3. The third kappa shape index (κ3) is 3.42. The molecule has 0 aliphatic heterocycles. The summed E-state index contributed by atoms with van der Waals surface area (Å²) in [5.41, 5.74) is 0.739. The molecule has 0 heterocycles. The summed E-state index contributed by atoms with van der Waals surface area (Å²) in [5, 5.41) is 18.2. The van der Waals surface area contributed by atoms with Crippen molar-refractivity contribution in [1.29, 1.82) is 0 Å². The number of anilines is 1. The van der Waals surface area contributed by atoms with Gasteiger partial charge in [0.05, 0.1) is 40.2 Å². The van der Waals surface area contributed by atoms with Gasteiger partial charge in [0.1, 0.15) is 0 Å². The molecule has 6 nitrogen and oxygen atoms in total. The van der Waals surface area contributed by atoms with Crippen molar-refractivity contribution in [3.05, 3.63) is 12.1 Å². The normalized spacial score (nSPS) is 10.2. The molecular formula is C13H21NO5. The SMILES string of the molecule is COc1ccc(N(CCO)CCO)c(OC)c1OC. The number of hydrogen-bond acceptors (Lipinski definition) is 6. The maximum Gasteiger partial charge on any atom is 0.205 e. The van der Waals surface area contributed by atoms with Crippen molar-refractivity contribution in [2.75, 3.05) is 52.5 Å². The number of rotatable bonds is 8. The van der Waals surface area contributed by atoms with Gasteiger partial charge in [0.15, 0.2) is 11.5 Å². The maximum absolute atomic E-state index is 9.10. The molecule has 0 aliphatic carbocycles. The lowest BCUT2D eigenvalue weighted by Gasteiger charge is -2.26. The molecule has 1 rings (SSSR count). The Balaban J connectivity index is 3.24. The summed E-state index contributed by atoms with van der Waals surface area (Å²) in [7, 11) is 4.62. The molecule has 0 bridgehead atoms. The molecule has 1 aromatic rings. The van der Waals surface area contributed by atoms with E-state index < -0.39 is 0 Å². The highest BCUT2D eigenvalue weighted by Crippen LogP contribution is 2.44. The highest BCUT2D eigenvalue weighted by Gasteiger charge is 2.19. The summed E-state index contributed by atoms with van der Waals surface area (Å²) in [5.74, 6) is 1.57. The van der Waals surface area contributed by atoms with Gasteiger partial charge in [-0.1, -0.05) is 0 Å². The predicted molar refractivity (Wildman–Crippen MR) is 72.5 cm³/mol. The van der Waals surface area contributed by atoms with Crippen LogP contribution in [-0.4, -0.2) is 57.8 Å². The molecule has 0 aliphatic rings. The summed E-state index contributed by atoms with van der Waals surface area (Å²) >= 11 is 0. The summed E-state index contributed by atoms with van der Waals surface area (Å²) in [4.78, 5) is 1.82. The lowest BCUT2D eigenvalue weighted by molar-refractivity contribution is 0.279. The monoisotopic (exact) mass is 271 g/mol. The van der Waals surface area contributed by atoms with Crippen LogP contribution in [0.4, 0.5) is 5.69 Å². The number of benzene rings is 1. The van der Waals surface area contributed by atoms with Gasteiger partial charge in [0, 0.05) is 13.1 Å². The van der Waals surface area contributed by atoms with Crippen molar-refractivity contribution in [3.63, 3.8) is 0 Å². The van der Waals surface area contributed by atoms with Crippen molar-refractivity contribution in [1.82, 2.24) is 0 Å². The van der Waals surface area contributed by atoms with Gasteiger partial charge in [-0.25, -0.2) is 0 Å². The number of hydrogen-bond donors (Lipinski definition) is 2. The van der Waals surface area contributed by atoms with E-state index in [0.29, 0.717) is 30.3 Å². The van der Waals surface area contributed by atoms with Crippen LogP contribution in [0, 0.1) is 0 Å². The van der Waals surface area contributed by atoms with Crippen molar-refractivity contribution >= 4 is 5.69 Å². The largest absolute Gasteiger partial charge is 0.493 e. The lowest BCUT2D eigenvalue weighted by atomic mass is 10.2. The fraction of sp³-hybridized carbons (Fsp3) is 0.538. The Labute approximate surface area is 113 Å². The van der Waals surface area contributed by atoms with Gasteiger partial charge >= 0.3 is 0 Å². The summed E-state index contributed by atoms with van der Waals surface area (Å²) in [6.45, 7) is 0.758. The molecule has 108 valence electrons. The summed E-state index contributed by atoms with van der Waals surface area (Å²) in [6.07, 6.45) is 0. The third-order valence-electron chi connectivity index (χ3n) is 2.76. The Hall–Kier alpha value is -1.66. The van der Waals surface area contributed by atoms with Crippen molar-refractivity contribution in [2.45, 2.75) is 0 Å². The maximum atomic E-state index is 9.10. The highest BCUT2D eigenvalue weighted by atomic mass is 16.5. The van der Waals surface area contributed by atoms with Crippen LogP contribution < -0.4 is 19.1 Å². The Morgan fingerprint density at radius 3 is 1.89 bits per heavy atom. The quantitative estimate of drug-likeness (QED) is 0.717. The van der Waals surface area contributed by atoms with Gasteiger partial charge in [-0.15, -0.1) is 0 Å². The minimum Gasteiger partial charge on any atom is -0.493 e. The average molecular weight is 271 g/mol. The highest BCUT2D eigenvalue weighted by molar-refractivity contribution is 5.69. The molecule has 0 amide bonds. The third-order valence-corrected chi connectivity index (χ3v) is 2.76. The van der Waals surface area contributed by atoms with Crippen LogP contribution in [0.15, 0.2) is 12.1 Å². The van der Waals surface area contributed by atoms with Crippen LogP contribution in [0.3, 0.4) is 0 Å². The number of nitrogens with zero attached hydrogens (tertiary/aromatic N) is 1. The predicted octanol–water partition coefficient (Wildman–Crippen LogP) is 0.503. The first kappa shape index (κ1) is 15.4. The second kappa shape index (κ2) is 7.70. The molecule has 2 N–H and O–H groups in total. The molecule has 0 saturated heterocycles. The molecular weight excluding hydrogens is 250 g/mol. The second-order valence-electron chi connectivity index (χ2n) is 3.79. The van der Waals surface area contributed by atoms with E-state index in [1.165, 1.54) is 14.2 Å². The van der Waals surface area contributed by atoms with E-state index in [1.54, 1.807) is 13.2 Å². The molecule has 1 aromatic carbocycles. The van der Waals surface area contributed by atoms with E-state index in [-0.39, 0.29) is 13.2 Å². The second-order valence-corrected chi connectivity index (χ2v) is 3.79. The van der Waals surface area contributed by atoms with E-state index in [1.807, 2.05) is 11.0 Å². The van der Waals surface area contributed by atoms with E-state index in [0.717, 1.165) is 5.69 Å². The van der Waals surface area contributed by atoms with Gasteiger partial charge < -0.3 is 29.3 Å². The van der Waals surface area contributed by atoms with Crippen molar-refractivity contribution < 1.29 is 24.4 Å². The topological polar surface area (TPSA) is 71.4 Å². The molecule has 0 saturated carbocycles. The number of methoxy groups -OCH3 is 3. The van der Waals surface area contributed by atoms with Gasteiger partial charge in [-0.3, -0.25) is 0 Å². The first-order valence-electron chi connectivity index (χ1n) is 5.99. The number of aliphatic hydroxyl groups excluding tert-OH is 2. The van der Waals surface area contributed by atoms with Gasteiger partial charge in [-0.2, -0.15) is 0 Å². The van der Waals surface area contributed by atoms with Crippen LogP contribution in [0.1, 0.15) is 0 Å². The molecule has 0 atom stereocenters. The first-order valence-corrected chi connectivity index (χ1v) is 5.99. The molecule has 0 spiro atoms. The van der Waals surface area contributed by atoms with Crippen LogP contribution >= 0.6 is 0 Å². The number of aliphatic hydroxyl groups is 2. The Morgan fingerprint density at radius 1 is 0.895 bits per heavy atom. The molecule has 6 heteroatoms. The Bertz CT molecular complexity index is 391. The van der Waals surface area contributed by atoms with Crippen LogP contribution in [0.2, 0.25) is 0 Å². The Morgan fingerprint density at radius 2 is 1.47 bits per heavy atom. The van der Waals surface area contributed by atoms with Gasteiger partial charge in [0.2, 0.25) is 5.75 Å². The van der Waals surface area contributed by atoms with Crippen LogP contribution in [-0.2, 0) is 0 Å². The molecule has 0 unspecified atom stereocenters. The molecule has 0 fully saturated rings. The molecule has 0 aromatic heterocycles. The summed E-state index contributed by atoms with van der Waals surface area (Å²) < 4.78 is 15.9. The van der Waals surface area contributed by atoms with E-state index in [2.05, 4.69) is 0 Å². The Kier molecular flexibility index (Phi) is 6.24. The van der Waals surface area contributed by atoms with Gasteiger partial charge in [0.25, 0.3) is 0 Å². The zero-order valence-corrected chi connectivity index (χ0v) is 11.5. The minimum absolute atomic E-state index is 0.0164. The fourth-order valence-electron chi connectivity index (χ4n) is 1.93. The average Bonchev–Trinajstić information content (AvgIpc) is 2.45. The first-order chi connectivity index (χ1) is 9.23. The summed E-state index contributed by atoms with van der Waals surface area (Å²) in [6, 6.07) is 3.57. The number of ether oxygens (including phenoxy) is 3. The lowest BCUT2D eigenvalue weighted by Crippen LogP contribution is -2.30. The van der Waals surface area contributed by atoms with Crippen molar-refractivity contribution in [3.8, 4) is 17.2 Å². The smallest absolute Gasteiger partial charge is 0.205 e. The zero-order valence-electron chi connectivity index (χ0n) is 11.5. The van der Waals surface area contributed by atoms with E-state index >= 15 is 0 Å². The molecule has 0 radical (unpaired) electrons. The fourth-order valence-corrected chi connectivity index (χ4v) is 1.93. The molecule has 19 heavy (non-hydrogen) atoms. The van der Waals surface area contributed by atoms with Crippen molar-refractivity contribution in [2.24, 2.45) is 0 Å².